The van der Waals surface area contributed by atoms with Crippen LogP contribution in [-0.4, -0.2) is 32.0 Å². The van der Waals surface area contributed by atoms with E-state index in [4.69, 9.17) is 5.11 Å². The predicted molar refractivity (Wildman–Crippen MR) is 74.5 cm³/mol. The minimum atomic E-state index is -1.18. The van der Waals surface area contributed by atoms with Crippen molar-refractivity contribution >= 4 is 33.5 Å². The van der Waals surface area contributed by atoms with Crippen LogP contribution >= 0.6 is 15.9 Å². The summed E-state index contributed by atoms with van der Waals surface area (Å²) in [4.78, 5) is 22.5. The molecule has 0 aliphatic carbocycles. The predicted octanol–water partition coefficient (Wildman–Crippen LogP) is 1.69. The van der Waals surface area contributed by atoms with Gasteiger partial charge in [0.15, 0.2) is 5.69 Å². The van der Waals surface area contributed by atoms with Crippen LogP contribution in [0.5, 0.6) is 0 Å². The molecule has 104 valence electrons. The van der Waals surface area contributed by atoms with Crippen molar-refractivity contribution in [1.29, 1.82) is 0 Å². The molecule has 1 amide bonds. The Kier molecular flexibility index (Phi) is 4.14. The van der Waals surface area contributed by atoms with E-state index < -0.39 is 5.97 Å². The molecule has 0 aliphatic rings. The maximum atomic E-state index is 11.9. The Labute approximate surface area is 122 Å². The summed E-state index contributed by atoms with van der Waals surface area (Å²) in [5, 5.41) is 18.5. The third-order valence-electron chi connectivity index (χ3n) is 2.61. The van der Waals surface area contributed by atoms with Crippen molar-refractivity contribution in [2.75, 3.05) is 5.32 Å². The quantitative estimate of drug-likeness (QED) is 0.883. The van der Waals surface area contributed by atoms with E-state index in [1.54, 1.807) is 6.07 Å². The molecule has 0 aliphatic heterocycles. The van der Waals surface area contributed by atoms with Crippen molar-refractivity contribution in [3.63, 3.8) is 0 Å². The Morgan fingerprint density at radius 2 is 2.20 bits per heavy atom. The Balaban J connectivity index is 2.05. The van der Waals surface area contributed by atoms with Crippen LogP contribution in [0.4, 0.5) is 5.69 Å². The number of hydrogen-bond acceptors (Lipinski definition) is 4. The fourth-order valence-electron chi connectivity index (χ4n) is 1.55. The molecule has 20 heavy (non-hydrogen) atoms. The van der Waals surface area contributed by atoms with Gasteiger partial charge in [0.1, 0.15) is 6.54 Å². The number of rotatable bonds is 4. The lowest BCUT2D eigenvalue weighted by atomic mass is 10.2. The fourth-order valence-corrected chi connectivity index (χ4v) is 1.92. The zero-order chi connectivity index (χ0) is 14.7. The molecule has 0 atom stereocenters. The summed E-state index contributed by atoms with van der Waals surface area (Å²) in [5.41, 5.74) is 1.39. The summed E-state index contributed by atoms with van der Waals surface area (Å²) >= 11 is 3.38. The van der Waals surface area contributed by atoms with E-state index in [1.165, 1.54) is 10.9 Å². The van der Waals surface area contributed by atoms with E-state index in [0.717, 1.165) is 10.0 Å². The van der Waals surface area contributed by atoms with Crippen LogP contribution in [0.1, 0.15) is 16.1 Å². The average Bonchev–Trinajstić information content (AvgIpc) is 2.83. The standard InChI is InChI=1S/C12H11BrN4O3/c1-7-8(13)3-2-4-9(7)14-11(18)6-17-5-10(12(19)20)15-16-17/h2-5H,6H2,1H3,(H,14,18)(H,19,20). The maximum Gasteiger partial charge on any atom is 0.358 e. The highest BCUT2D eigenvalue weighted by molar-refractivity contribution is 9.10. The van der Waals surface area contributed by atoms with E-state index in [9.17, 15) is 9.59 Å². The number of benzene rings is 1. The first-order valence-corrected chi connectivity index (χ1v) is 6.45. The van der Waals surface area contributed by atoms with Crippen LogP contribution in [0, 0.1) is 6.92 Å². The number of aromatic carboxylic acids is 1. The zero-order valence-electron chi connectivity index (χ0n) is 10.5. The first-order chi connectivity index (χ1) is 9.47. The highest BCUT2D eigenvalue weighted by Crippen LogP contribution is 2.23. The Hall–Kier alpha value is -2.22. The smallest absolute Gasteiger partial charge is 0.358 e. The summed E-state index contributed by atoms with van der Waals surface area (Å²) in [6.07, 6.45) is 1.20. The van der Waals surface area contributed by atoms with Crippen LogP contribution < -0.4 is 5.32 Å². The van der Waals surface area contributed by atoms with E-state index in [1.807, 2.05) is 19.1 Å². The SMILES string of the molecule is Cc1c(Br)cccc1NC(=O)Cn1cc(C(=O)O)nn1. The third kappa shape index (κ3) is 3.21. The molecule has 0 saturated heterocycles. The summed E-state index contributed by atoms with van der Waals surface area (Å²) in [5.74, 6) is -1.49. The van der Waals surface area contributed by atoms with Crippen molar-refractivity contribution < 1.29 is 14.7 Å². The van der Waals surface area contributed by atoms with Crippen LogP contribution in [0.3, 0.4) is 0 Å². The summed E-state index contributed by atoms with van der Waals surface area (Å²) in [6.45, 7) is 1.77. The van der Waals surface area contributed by atoms with Gasteiger partial charge in [-0.2, -0.15) is 0 Å². The molecule has 8 heteroatoms. The van der Waals surface area contributed by atoms with Crippen molar-refractivity contribution in [3.05, 3.63) is 40.1 Å². The first kappa shape index (κ1) is 14.2. The van der Waals surface area contributed by atoms with Crippen molar-refractivity contribution in [1.82, 2.24) is 15.0 Å². The summed E-state index contributed by atoms with van der Waals surface area (Å²) in [7, 11) is 0. The number of carbonyl (C=O) groups is 2. The molecule has 0 saturated carbocycles. The number of anilines is 1. The largest absolute Gasteiger partial charge is 0.476 e. The van der Waals surface area contributed by atoms with Gasteiger partial charge in [0.2, 0.25) is 5.91 Å². The number of carboxylic acid groups (broad SMARTS) is 1. The van der Waals surface area contributed by atoms with E-state index in [2.05, 4.69) is 31.6 Å². The molecule has 0 radical (unpaired) electrons. The number of nitrogens with one attached hydrogen (secondary N) is 1. The van der Waals surface area contributed by atoms with Crippen molar-refractivity contribution in [2.24, 2.45) is 0 Å². The van der Waals surface area contributed by atoms with E-state index in [-0.39, 0.29) is 18.1 Å². The van der Waals surface area contributed by atoms with Crippen LogP contribution in [0.25, 0.3) is 0 Å². The molecule has 0 bridgehead atoms. The number of carboxylic acids is 1. The third-order valence-corrected chi connectivity index (χ3v) is 3.46. The van der Waals surface area contributed by atoms with Gasteiger partial charge in [-0.15, -0.1) is 5.10 Å². The van der Waals surface area contributed by atoms with E-state index >= 15 is 0 Å². The Morgan fingerprint density at radius 3 is 2.85 bits per heavy atom. The topological polar surface area (TPSA) is 97.1 Å². The van der Waals surface area contributed by atoms with Gasteiger partial charge in [0.05, 0.1) is 6.20 Å². The van der Waals surface area contributed by atoms with E-state index in [0.29, 0.717) is 5.69 Å². The summed E-state index contributed by atoms with van der Waals surface area (Å²) in [6, 6.07) is 5.47. The molecule has 0 fully saturated rings. The molecule has 0 spiro atoms. The molecule has 7 nitrogen and oxygen atoms in total. The summed E-state index contributed by atoms with van der Waals surface area (Å²) < 4.78 is 2.07. The molecule has 1 aromatic heterocycles. The molecular formula is C12H11BrN4O3. The molecule has 2 rings (SSSR count). The molecule has 1 aromatic carbocycles. The minimum Gasteiger partial charge on any atom is -0.476 e. The zero-order valence-corrected chi connectivity index (χ0v) is 12.1. The van der Waals surface area contributed by atoms with Gasteiger partial charge in [0, 0.05) is 10.2 Å². The maximum absolute atomic E-state index is 11.9. The number of aromatic nitrogens is 3. The van der Waals surface area contributed by atoms with Crippen LogP contribution in [0.15, 0.2) is 28.9 Å². The highest BCUT2D eigenvalue weighted by Gasteiger charge is 2.11. The highest BCUT2D eigenvalue weighted by atomic mass is 79.9. The van der Waals surface area contributed by atoms with Crippen LogP contribution in [0.2, 0.25) is 0 Å². The average molecular weight is 339 g/mol. The molecule has 2 aromatic rings. The second-order valence-electron chi connectivity index (χ2n) is 4.07. The second-order valence-corrected chi connectivity index (χ2v) is 4.92. The molecular weight excluding hydrogens is 328 g/mol. The van der Waals surface area contributed by atoms with Crippen LogP contribution in [-0.2, 0) is 11.3 Å². The minimum absolute atomic E-state index is 0.105. The normalized spacial score (nSPS) is 10.3. The molecule has 0 unspecified atom stereocenters. The lowest BCUT2D eigenvalue weighted by Crippen LogP contribution is -2.19. The molecule has 2 N–H and O–H groups in total. The van der Waals surface area contributed by atoms with Gasteiger partial charge in [-0.05, 0) is 24.6 Å². The van der Waals surface area contributed by atoms with Gasteiger partial charge in [-0.1, -0.05) is 27.2 Å². The number of amides is 1. The van der Waals surface area contributed by atoms with Gasteiger partial charge < -0.3 is 10.4 Å². The van der Waals surface area contributed by atoms with Gasteiger partial charge >= 0.3 is 5.97 Å². The van der Waals surface area contributed by atoms with Gasteiger partial charge in [0.25, 0.3) is 0 Å². The number of halogens is 1. The number of nitrogens with zero attached hydrogens (tertiary/aromatic N) is 3. The van der Waals surface area contributed by atoms with Gasteiger partial charge in [-0.25, -0.2) is 9.48 Å². The van der Waals surface area contributed by atoms with Gasteiger partial charge in [-0.3, -0.25) is 4.79 Å². The van der Waals surface area contributed by atoms with Crippen molar-refractivity contribution in [3.8, 4) is 0 Å². The first-order valence-electron chi connectivity index (χ1n) is 5.66. The van der Waals surface area contributed by atoms with Crippen molar-refractivity contribution in [2.45, 2.75) is 13.5 Å². The monoisotopic (exact) mass is 338 g/mol. The molecule has 1 heterocycles. The lowest BCUT2D eigenvalue weighted by molar-refractivity contribution is -0.116. The lowest BCUT2D eigenvalue weighted by Gasteiger charge is -2.09. The Bertz CT molecular complexity index is 668. The fraction of sp³-hybridized carbons (Fsp3) is 0.167. The number of hydrogen-bond donors (Lipinski definition) is 2. The number of carbonyl (C=O) groups excluding carboxylic acids is 1. The Morgan fingerprint density at radius 1 is 1.45 bits per heavy atom. The second kappa shape index (κ2) is 5.83.